The Hall–Kier alpha value is -2.84. The summed E-state index contributed by atoms with van der Waals surface area (Å²) in [5, 5.41) is 2.78. The van der Waals surface area contributed by atoms with Crippen LogP contribution in [0.3, 0.4) is 0 Å². The summed E-state index contributed by atoms with van der Waals surface area (Å²) in [7, 11) is -4.10. The highest BCUT2D eigenvalue weighted by atomic mass is 32.2. The molecule has 1 N–H and O–H groups in total. The number of amides is 1. The lowest BCUT2D eigenvalue weighted by Gasteiger charge is -2.24. The van der Waals surface area contributed by atoms with Gasteiger partial charge in [-0.25, -0.2) is 12.8 Å². The topological polar surface area (TPSA) is 66.5 Å². The second-order valence-electron chi connectivity index (χ2n) is 6.73. The van der Waals surface area contributed by atoms with E-state index in [0.29, 0.717) is 12.1 Å². The Morgan fingerprint density at radius 3 is 2.39 bits per heavy atom. The van der Waals surface area contributed by atoms with Crippen molar-refractivity contribution in [3.63, 3.8) is 0 Å². The quantitative estimate of drug-likeness (QED) is 0.486. The van der Waals surface area contributed by atoms with Crippen molar-refractivity contribution in [2.24, 2.45) is 0 Å². The van der Waals surface area contributed by atoms with E-state index in [9.17, 15) is 17.6 Å². The summed E-state index contributed by atoms with van der Waals surface area (Å²) in [5.74, 6) is -1.11. The first-order chi connectivity index (χ1) is 14.8. The van der Waals surface area contributed by atoms with Crippen molar-refractivity contribution in [1.82, 2.24) is 0 Å². The van der Waals surface area contributed by atoms with E-state index in [1.54, 1.807) is 24.3 Å². The number of aryl methyl sites for hydroxylation is 1. The van der Waals surface area contributed by atoms with Gasteiger partial charge in [0.15, 0.2) is 0 Å². The zero-order valence-corrected chi connectivity index (χ0v) is 18.8. The van der Waals surface area contributed by atoms with Gasteiger partial charge in [-0.2, -0.15) is 0 Å². The van der Waals surface area contributed by atoms with E-state index in [1.165, 1.54) is 42.1 Å². The molecule has 0 heterocycles. The molecule has 0 radical (unpaired) electrons. The molecule has 0 unspecified atom stereocenters. The van der Waals surface area contributed by atoms with Crippen molar-refractivity contribution in [1.29, 1.82) is 0 Å². The zero-order valence-electron chi connectivity index (χ0n) is 17.2. The average molecular weight is 459 g/mol. The number of nitrogens with one attached hydrogen (secondary N) is 1. The third-order valence-electron chi connectivity index (χ3n) is 4.70. The normalized spacial score (nSPS) is 11.2. The molecule has 0 bridgehead atoms. The lowest BCUT2D eigenvalue weighted by Crippen LogP contribution is -2.38. The van der Waals surface area contributed by atoms with Gasteiger partial charge in [-0.05, 0) is 66.8 Å². The third kappa shape index (κ3) is 5.45. The van der Waals surface area contributed by atoms with Crippen LogP contribution in [0.2, 0.25) is 0 Å². The van der Waals surface area contributed by atoms with Gasteiger partial charge in [0.05, 0.1) is 10.6 Å². The smallest absolute Gasteiger partial charge is 0.264 e. The van der Waals surface area contributed by atoms with Gasteiger partial charge in [0, 0.05) is 10.6 Å². The molecule has 3 aromatic rings. The molecule has 0 aliphatic rings. The molecule has 0 aromatic heterocycles. The van der Waals surface area contributed by atoms with E-state index in [0.717, 1.165) is 20.8 Å². The molecule has 0 atom stereocenters. The van der Waals surface area contributed by atoms with E-state index in [-0.39, 0.29) is 10.6 Å². The second-order valence-corrected chi connectivity index (χ2v) is 9.47. The SMILES string of the molecule is CCc1ccccc1NC(=O)CN(c1cccc(F)c1)S(=O)(=O)c1ccc(SC)cc1. The number of halogens is 1. The lowest BCUT2D eigenvalue weighted by atomic mass is 10.1. The molecule has 0 spiro atoms. The number of hydrogen-bond donors (Lipinski definition) is 1. The van der Waals surface area contributed by atoms with E-state index < -0.39 is 28.3 Å². The van der Waals surface area contributed by atoms with Gasteiger partial charge in [-0.15, -0.1) is 11.8 Å². The van der Waals surface area contributed by atoms with Crippen molar-refractivity contribution in [3.8, 4) is 0 Å². The molecule has 0 fully saturated rings. The van der Waals surface area contributed by atoms with Crippen molar-refractivity contribution in [2.75, 3.05) is 22.4 Å². The van der Waals surface area contributed by atoms with E-state index in [2.05, 4.69) is 5.32 Å². The van der Waals surface area contributed by atoms with Crippen molar-refractivity contribution in [2.45, 2.75) is 23.1 Å². The Bertz CT molecular complexity index is 1170. The van der Waals surface area contributed by atoms with Crippen molar-refractivity contribution in [3.05, 3.63) is 84.2 Å². The molecular formula is C23H23FN2O3S2. The predicted molar refractivity (Wildman–Crippen MR) is 124 cm³/mol. The van der Waals surface area contributed by atoms with Crippen LogP contribution in [0.15, 0.2) is 82.6 Å². The number of rotatable bonds is 8. The minimum atomic E-state index is -4.10. The number of nitrogens with zero attached hydrogens (tertiary/aromatic N) is 1. The first kappa shape index (κ1) is 22.8. The molecule has 162 valence electrons. The van der Waals surface area contributed by atoms with Crippen molar-refractivity contribution >= 4 is 39.1 Å². The Morgan fingerprint density at radius 2 is 1.74 bits per heavy atom. The fourth-order valence-corrected chi connectivity index (χ4v) is 4.91. The Morgan fingerprint density at radius 1 is 1.03 bits per heavy atom. The fourth-order valence-electron chi connectivity index (χ4n) is 3.09. The number of para-hydroxylation sites is 1. The summed E-state index contributed by atoms with van der Waals surface area (Å²) in [6.07, 6.45) is 2.60. The highest BCUT2D eigenvalue weighted by molar-refractivity contribution is 7.98. The standard InChI is InChI=1S/C23H23FN2O3S2/c1-3-17-7-4-5-10-22(17)25-23(27)16-26(19-9-6-8-18(24)15-19)31(28,29)21-13-11-20(30-2)12-14-21/h4-15H,3,16H2,1-2H3,(H,25,27). The fraction of sp³-hybridized carbons (Fsp3) is 0.174. The molecule has 0 aliphatic carbocycles. The van der Waals surface area contributed by atoms with E-state index in [4.69, 9.17) is 0 Å². The van der Waals surface area contributed by atoms with Gasteiger partial charge in [-0.1, -0.05) is 31.2 Å². The van der Waals surface area contributed by atoms with Gasteiger partial charge in [0.2, 0.25) is 5.91 Å². The predicted octanol–water partition coefficient (Wildman–Crippen LogP) is 4.94. The number of benzene rings is 3. The van der Waals surface area contributed by atoms with Gasteiger partial charge >= 0.3 is 0 Å². The second kappa shape index (κ2) is 9.98. The number of thioether (sulfide) groups is 1. The van der Waals surface area contributed by atoms with Crippen LogP contribution in [0.5, 0.6) is 0 Å². The van der Waals surface area contributed by atoms with E-state index in [1.807, 2.05) is 25.3 Å². The summed E-state index contributed by atoms with van der Waals surface area (Å²) >= 11 is 1.49. The maximum atomic E-state index is 13.9. The van der Waals surface area contributed by atoms with Crippen LogP contribution >= 0.6 is 11.8 Å². The largest absolute Gasteiger partial charge is 0.324 e. The third-order valence-corrected chi connectivity index (χ3v) is 7.23. The summed E-state index contributed by atoms with van der Waals surface area (Å²) in [4.78, 5) is 13.7. The highest BCUT2D eigenvalue weighted by Crippen LogP contribution is 2.26. The Labute approximate surface area is 186 Å². The first-order valence-corrected chi connectivity index (χ1v) is 12.3. The molecule has 31 heavy (non-hydrogen) atoms. The van der Waals surface area contributed by atoms with Crippen LogP contribution in [-0.2, 0) is 21.2 Å². The van der Waals surface area contributed by atoms with Crippen LogP contribution < -0.4 is 9.62 Å². The van der Waals surface area contributed by atoms with Gasteiger partial charge in [-0.3, -0.25) is 9.10 Å². The maximum Gasteiger partial charge on any atom is 0.264 e. The minimum absolute atomic E-state index is 0.0244. The summed E-state index contributed by atoms with van der Waals surface area (Å²) in [6, 6.07) is 18.9. The molecule has 5 nitrogen and oxygen atoms in total. The molecule has 0 saturated heterocycles. The molecule has 8 heteroatoms. The summed E-state index contributed by atoms with van der Waals surface area (Å²) in [5.41, 5.74) is 1.63. The first-order valence-electron chi connectivity index (χ1n) is 9.65. The van der Waals surface area contributed by atoms with Crippen LogP contribution in [-0.4, -0.2) is 27.1 Å². The number of anilines is 2. The average Bonchev–Trinajstić information content (AvgIpc) is 2.77. The Balaban J connectivity index is 1.95. The highest BCUT2D eigenvalue weighted by Gasteiger charge is 2.27. The maximum absolute atomic E-state index is 13.9. The zero-order chi connectivity index (χ0) is 22.4. The van der Waals surface area contributed by atoms with Crippen LogP contribution in [0.25, 0.3) is 0 Å². The van der Waals surface area contributed by atoms with E-state index >= 15 is 0 Å². The number of sulfonamides is 1. The minimum Gasteiger partial charge on any atom is -0.324 e. The molecule has 3 rings (SSSR count). The molecule has 0 saturated carbocycles. The van der Waals surface area contributed by atoms with Gasteiger partial charge < -0.3 is 5.32 Å². The lowest BCUT2D eigenvalue weighted by molar-refractivity contribution is -0.114. The summed E-state index contributed by atoms with van der Waals surface area (Å²) in [6.45, 7) is 1.47. The van der Waals surface area contributed by atoms with Crippen molar-refractivity contribution < 1.29 is 17.6 Å². The van der Waals surface area contributed by atoms with Gasteiger partial charge in [0.25, 0.3) is 10.0 Å². The summed E-state index contributed by atoms with van der Waals surface area (Å²) < 4.78 is 41.5. The number of carbonyl (C=O) groups excluding carboxylic acids is 1. The van der Waals surface area contributed by atoms with Crippen LogP contribution in [0.1, 0.15) is 12.5 Å². The monoisotopic (exact) mass is 458 g/mol. The molecule has 3 aromatic carbocycles. The molecular weight excluding hydrogens is 435 g/mol. The molecule has 1 amide bonds. The van der Waals surface area contributed by atoms with Crippen LogP contribution in [0.4, 0.5) is 15.8 Å². The Kier molecular flexibility index (Phi) is 7.35. The number of hydrogen-bond acceptors (Lipinski definition) is 4. The van der Waals surface area contributed by atoms with Crippen LogP contribution in [0, 0.1) is 5.82 Å². The molecule has 0 aliphatic heterocycles. The van der Waals surface area contributed by atoms with Gasteiger partial charge in [0.1, 0.15) is 12.4 Å². The number of carbonyl (C=O) groups is 1.